The van der Waals surface area contributed by atoms with Crippen molar-refractivity contribution in [2.45, 2.75) is 78.0 Å². The van der Waals surface area contributed by atoms with Crippen molar-refractivity contribution in [2.75, 3.05) is 12.4 Å². The number of fused-ring (bicyclic) bond motifs is 1. The van der Waals surface area contributed by atoms with E-state index in [0.29, 0.717) is 49.3 Å². The van der Waals surface area contributed by atoms with Gasteiger partial charge < -0.3 is 34.7 Å². The van der Waals surface area contributed by atoms with Gasteiger partial charge in [0.25, 0.3) is 11.8 Å². The van der Waals surface area contributed by atoms with Gasteiger partial charge in [-0.3, -0.25) is 29.3 Å². The normalized spacial score (nSPS) is 13.6. The van der Waals surface area contributed by atoms with Crippen LogP contribution in [0.15, 0.2) is 82.2 Å². The van der Waals surface area contributed by atoms with E-state index in [2.05, 4.69) is 26.3 Å². The molecule has 0 bridgehead atoms. The molecule has 4 N–H and O–H groups in total. The summed E-state index contributed by atoms with van der Waals surface area (Å²) in [5.74, 6) is -3.10. The van der Waals surface area contributed by atoms with Gasteiger partial charge in [-0.05, 0) is 91.9 Å². The lowest BCUT2D eigenvalue weighted by molar-refractivity contribution is -0.197. The van der Waals surface area contributed by atoms with Crippen LogP contribution in [0.3, 0.4) is 0 Å². The molecule has 326 valence electrons. The van der Waals surface area contributed by atoms with E-state index in [0.717, 1.165) is 0 Å². The largest absolute Gasteiger partial charge is 0.497 e. The summed E-state index contributed by atoms with van der Waals surface area (Å²) in [5, 5.41) is 12.2. The molecule has 0 spiro atoms. The molecular weight excluding hydrogens is 844 g/mol. The standard InChI is InChI=1S/C43H45ClN6O11S/c1-24(2)38(48-34(51)7-5-6-8-37(54)61-50-35(52)19-20-36(50)53)40(56)45-25(3)39(55)46-29-12-9-26(10-13-29)23-59-43(57)49-42(62)32-22-27-21-28(44)11-18-33(27)60-41(32)47-30-14-16-31(58-4)17-15-30/h9-18,21-22,24-25,38H,5-8,19-20,23H2,1-4H3,(H,45,56)(H,46,55)(H,48,51)(H,49,57,62)/t25-,38?/m0/s1. The summed E-state index contributed by atoms with van der Waals surface area (Å²) in [7, 11) is 1.56. The lowest BCUT2D eigenvalue weighted by Crippen LogP contribution is -2.53. The smallest absolute Gasteiger partial charge is 0.412 e. The Bertz CT molecular complexity index is 2410. The van der Waals surface area contributed by atoms with Crippen molar-refractivity contribution in [3.8, 4) is 5.75 Å². The average Bonchev–Trinajstić information content (AvgIpc) is 3.56. The Morgan fingerprint density at radius 2 is 1.55 bits per heavy atom. The van der Waals surface area contributed by atoms with Crippen LogP contribution in [0.1, 0.15) is 70.4 Å². The SMILES string of the molecule is COc1ccc(N=c2oc3ccc(Cl)cc3cc2C(=S)NC(=O)OCc2ccc(NC(=O)[C@H](C)NC(=O)C(NC(=O)CCCCC(=O)ON3C(=O)CCC3=O)C(C)C)cc2)cc1. The number of carbonyl (C=O) groups excluding carboxylic acids is 7. The number of thiocarbonyl (C=S) groups is 1. The topological polar surface area (TPSA) is 224 Å². The van der Waals surface area contributed by atoms with Gasteiger partial charge in [-0.25, -0.2) is 14.6 Å². The third-order valence-corrected chi connectivity index (χ3v) is 9.87. The van der Waals surface area contributed by atoms with E-state index in [1.807, 2.05) is 0 Å². The fourth-order valence-corrected chi connectivity index (χ4v) is 6.32. The summed E-state index contributed by atoms with van der Waals surface area (Å²) in [4.78, 5) is 96.3. The molecule has 17 nitrogen and oxygen atoms in total. The highest BCUT2D eigenvalue weighted by molar-refractivity contribution is 7.80. The number of imide groups is 1. The Morgan fingerprint density at radius 1 is 0.871 bits per heavy atom. The van der Waals surface area contributed by atoms with E-state index < -0.39 is 53.7 Å². The summed E-state index contributed by atoms with van der Waals surface area (Å²) in [6.07, 6.45) is -0.425. The molecule has 3 aromatic carbocycles. The number of benzene rings is 3. The van der Waals surface area contributed by atoms with E-state index >= 15 is 0 Å². The quantitative estimate of drug-likeness (QED) is 0.0571. The van der Waals surface area contributed by atoms with Crippen LogP contribution in [0, 0.1) is 5.92 Å². The summed E-state index contributed by atoms with van der Waals surface area (Å²) < 4.78 is 16.7. The number of ether oxygens (including phenoxy) is 2. The van der Waals surface area contributed by atoms with Crippen molar-refractivity contribution in [2.24, 2.45) is 10.9 Å². The maximum atomic E-state index is 13.1. The number of hydrogen-bond acceptors (Lipinski definition) is 13. The van der Waals surface area contributed by atoms with E-state index in [-0.39, 0.29) is 61.6 Å². The van der Waals surface area contributed by atoms with Crippen LogP contribution < -0.4 is 31.6 Å². The van der Waals surface area contributed by atoms with Gasteiger partial charge >= 0.3 is 12.1 Å². The van der Waals surface area contributed by atoms with Gasteiger partial charge in [0.15, 0.2) is 0 Å². The highest BCUT2D eigenvalue weighted by Crippen LogP contribution is 2.22. The molecule has 6 amide bonds. The predicted octanol–water partition coefficient (Wildman–Crippen LogP) is 5.68. The molecule has 1 fully saturated rings. The number of alkyl carbamates (subject to hydrolysis) is 1. The number of amides is 6. The molecule has 0 aliphatic carbocycles. The molecule has 1 saturated heterocycles. The van der Waals surface area contributed by atoms with Crippen LogP contribution in [0.5, 0.6) is 5.75 Å². The van der Waals surface area contributed by atoms with Crippen LogP contribution in [-0.4, -0.2) is 70.8 Å². The third-order valence-electron chi connectivity index (χ3n) is 9.31. The van der Waals surface area contributed by atoms with Gasteiger partial charge in [-0.15, -0.1) is 5.06 Å². The van der Waals surface area contributed by atoms with Crippen LogP contribution in [0.25, 0.3) is 11.0 Å². The summed E-state index contributed by atoms with van der Waals surface area (Å²) in [6.45, 7) is 4.85. The molecule has 1 aliphatic heterocycles. The van der Waals surface area contributed by atoms with Crippen molar-refractivity contribution in [1.29, 1.82) is 0 Å². The van der Waals surface area contributed by atoms with Crippen molar-refractivity contribution in [3.63, 3.8) is 0 Å². The molecular formula is C43H45ClN6O11S. The number of carbonyl (C=O) groups is 7. The Balaban J connectivity index is 1.07. The maximum absolute atomic E-state index is 13.1. The fourth-order valence-electron chi connectivity index (χ4n) is 5.91. The number of nitrogens with zero attached hydrogens (tertiary/aromatic N) is 2. The van der Waals surface area contributed by atoms with Crippen LogP contribution in [0.4, 0.5) is 16.2 Å². The minimum Gasteiger partial charge on any atom is -0.497 e. The molecule has 1 aromatic heterocycles. The third kappa shape index (κ3) is 13.2. The second-order valence-corrected chi connectivity index (χ2v) is 15.3. The monoisotopic (exact) mass is 888 g/mol. The average molecular weight is 889 g/mol. The summed E-state index contributed by atoms with van der Waals surface area (Å²) >= 11 is 11.8. The first-order chi connectivity index (χ1) is 29.6. The van der Waals surface area contributed by atoms with Crippen LogP contribution >= 0.6 is 23.8 Å². The van der Waals surface area contributed by atoms with E-state index in [4.69, 9.17) is 42.5 Å². The first-order valence-corrected chi connectivity index (χ1v) is 20.3. The lowest BCUT2D eigenvalue weighted by Gasteiger charge is -2.24. The number of halogens is 1. The van der Waals surface area contributed by atoms with Gasteiger partial charge in [0.05, 0.1) is 18.4 Å². The fraction of sp³-hybridized carbons (Fsp3) is 0.326. The van der Waals surface area contributed by atoms with Gasteiger partial charge in [0.1, 0.15) is 35.0 Å². The van der Waals surface area contributed by atoms with E-state index in [9.17, 15) is 33.6 Å². The number of anilines is 1. The molecule has 62 heavy (non-hydrogen) atoms. The Morgan fingerprint density at radius 3 is 2.21 bits per heavy atom. The zero-order valence-corrected chi connectivity index (χ0v) is 35.9. The maximum Gasteiger partial charge on any atom is 0.412 e. The first-order valence-electron chi connectivity index (χ1n) is 19.6. The van der Waals surface area contributed by atoms with Crippen LogP contribution in [0.2, 0.25) is 5.02 Å². The van der Waals surface area contributed by atoms with Gasteiger partial charge in [0, 0.05) is 41.8 Å². The first kappa shape index (κ1) is 46.4. The molecule has 4 aromatic rings. The van der Waals surface area contributed by atoms with Gasteiger partial charge in [-0.2, -0.15) is 0 Å². The molecule has 19 heteroatoms. The highest BCUT2D eigenvalue weighted by atomic mass is 35.5. The molecule has 2 atom stereocenters. The Hall–Kier alpha value is -6.66. The zero-order chi connectivity index (χ0) is 44.9. The lowest BCUT2D eigenvalue weighted by atomic mass is 10.0. The van der Waals surface area contributed by atoms with Gasteiger partial charge in [0.2, 0.25) is 23.3 Å². The number of unbranched alkanes of at least 4 members (excludes halogenated alkanes) is 1. The summed E-state index contributed by atoms with van der Waals surface area (Å²) in [5.41, 5.74) is 2.53. The second-order valence-electron chi connectivity index (χ2n) is 14.4. The Labute approximate surface area is 366 Å². The van der Waals surface area contributed by atoms with Crippen molar-refractivity contribution < 1.29 is 52.3 Å². The van der Waals surface area contributed by atoms with E-state index in [1.54, 1.807) is 93.8 Å². The summed E-state index contributed by atoms with van der Waals surface area (Å²) in [6, 6.07) is 18.3. The molecule has 5 rings (SSSR count). The number of hydrogen-bond donors (Lipinski definition) is 4. The number of hydroxylamine groups is 2. The molecule has 0 radical (unpaired) electrons. The van der Waals surface area contributed by atoms with Crippen molar-refractivity contribution in [1.82, 2.24) is 21.0 Å². The van der Waals surface area contributed by atoms with Crippen molar-refractivity contribution >= 4 is 92.7 Å². The van der Waals surface area contributed by atoms with E-state index in [1.165, 1.54) is 6.92 Å². The minimum atomic E-state index is -0.978. The molecule has 1 aliphatic rings. The molecule has 0 saturated carbocycles. The Kier molecular flexibility index (Phi) is 16.3. The molecule has 2 heterocycles. The minimum absolute atomic E-state index is 0.000191. The highest BCUT2D eigenvalue weighted by Gasteiger charge is 2.33. The predicted molar refractivity (Wildman–Crippen MR) is 230 cm³/mol. The second kappa shape index (κ2) is 21.7. The van der Waals surface area contributed by atoms with Crippen LogP contribution in [-0.2, 0) is 44.9 Å². The van der Waals surface area contributed by atoms with Gasteiger partial charge in [-0.1, -0.05) is 49.8 Å². The van der Waals surface area contributed by atoms with Crippen molar-refractivity contribution in [3.05, 3.63) is 94.5 Å². The zero-order valence-electron chi connectivity index (χ0n) is 34.3. The number of rotatable bonds is 17. The number of methoxy groups -OCH3 is 1. The molecule has 1 unspecified atom stereocenters. The number of nitrogens with one attached hydrogen (secondary N) is 4.